The molecule has 0 saturated carbocycles. The van der Waals surface area contributed by atoms with Gasteiger partial charge >= 0.3 is 0 Å². The summed E-state index contributed by atoms with van der Waals surface area (Å²) in [6.07, 6.45) is 3.45. The van der Waals surface area contributed by atoms with E-state index in [1.165, 1.54) is 0 Å². The fourth-order valence-corrected chi connectivity index (χ4v) is 2.48. The Balaban J connectivity index is 1.87. The molecule has 1 N–H and O–H groups in total. The molecule has 1 aromatic heterocycles. The molecule has 6 nitrogen and oxygen atoms in total. The van der Waals surface area contributed by atoms with E-state index < -0.39 is 0 Å². The predicted octanol–water partition coefficient (Wildman–Crippen LogP) is 1.50. The van der Waals surface area contributed by atoms with Crippen molar-refractivity contribution < 1.29 is 14.4 Å². The third kappa shape index (κ3) is 4.54. The maximum atomic E-state index is 12.2. The molecule has 0 bridgehead atoms. The van der Waals surface area contributed by atoms with Crippen molar-refractivity contribution in [2.75, 3.05) is 26.7 Å². The van der Waals surface area contributed by atoms with Crippen molar-refractivity contribution in [2.24, 2.45) is 0 Å². The average molecular weight is 295 g/mol. The van der Waals surface area contributed by atoms with Crippen molar-refractivity contribution in [3.63, 3.8) is 0 Å². The van der Waals surface area contributed by atoms with E-state index in [2.05, 4.69) is 17.0 Å². The van der Waals surface area contributed by atoms with E-state index in [0.717, 1.165) is 45.3 Å². The molecule has 1 amide bonds. The summed E-state index contributed by atoms with van der Waals surface area (Å²) in [5.74, 6) is 0.617. The highest BCUT2D eigenvalue weighted by molar-refractivity contribution is 5.92. The van der Waals surface area contributed by atoms with Crippen LogP contribution in [-0.2, 0) is 6.54 Å². The van der Waals surface area contributed by atoms with Gasteiger partial charge in [-0.15, -0.1) is 0 Å². The largest absolute Gasteiger partial charge is 0.393 e. The fourth-order valence-electron chi connectivity index (χ4n) is 2.48. The minimum Gasteiger partial charge on any atom is -0.393 e. The lowest BCUT2D eigenvalue weighted by Gasteiger charge is -2.28. The Kier molecular flexibility index (Phi) is 5.76. The van der Waals surface area contributed by atoms with E-state index in [9.17, 15) is 9.90 Å². The van der Waals surface area contributed by atoms with Gasteiger partial charge in [-0.25, -0.2) is 0 Å². The quantitative estimate of drug-likeness (QED) is 0.861. The number of rotatable bonds is 6. The Morgan fingerprint density at radius 2 is 2.24 bits per heavy atom. The highest BCUT2D eigenvalue weighted by Crippen LogP contribution is 2.15. The van der Waals surface area contributed by atoms with E-state index in [1.807, 2.05) is 0 Å². The first kappa shape index (κ1) is 16.0. The molecule has 118 valence electrons. The highest BCUT2D eigenvalue weighted by Gasteiger charge is 2.20. The van der Waals surface area contributed by atoms with E-state index in [-0.39, 0.29) is 12.0 Å². The van der Waals surface area contributed by atoms with Crippen LogP contribution in [0, 0.1) is 0 Å². The predicted molar refractivity (Wildman–Crippen MR) is 78.9 cm³/mol. The third-order valence-electron chi connectivity index (χ3n) is 3.91. The van der Waals surface area contributed by atoms with Gasteiger partial charge in [0.05, 0.1) is 12.6 Å². The van der Waals surface area contributed by atoms with Crippen LogP contribution in [0.25, 0.3) is 0 Å². The summed E-state index contributed by atoms with van der Waals surface area (Å²) in [5.41, 5.74) is 0.376. The highest BCUT2D eigenvalue weighted by atomic mass is 16.5. The molecule has 2 rings (SSSR count). The van der Waals surface area contributed by atoms with Gasteiger partial charge in [0.15, 0.2) is 11.5 Å². The molecule has 0 radical (unpaired) electrons. The van der Waals surface area contributed by atoms with Crippen molar-refractivity contribution >= 4 is 5.91 Å². The number of likely N-dealkylation sites (tertiary alicyclic amines) is 1. The number of aliphatic hydroxyl groups excluding tert-OH is 1. The molecule has 1 fully saturated rings. The Labute approximate surface area is 125 Å². The Bertz CT molecular complexity index is 453. The van der Waals surface area contributed by atoms with Gasteiger partial charge in [-0.3, -0.25) is 9.69 Å². The van der Waals surface area contributed by atoms with Crippen LogP contribution in [0.4, 0.5) is 0 Å². The smallest absolute Gasteiger partial charge is 0.275 e. The van der Waals surface area contributed by atoms with Crippen molar-refractivity contribution in [3.8, 4) is 0 Å². The van der Waals surface area contributed by atoms with E-state index in [1.54, 1.807) is 18.0 Å². The van der Waals surface area contributed by atoms with E-state index in [0.29, 0.717) is 18.0 Å². The number of carbonyl (C=O) groups is 1. The van der Waals surface area contributed by atoms with Crippen LogP contribution in [-0.4, -0.2) is 58.8 Å². The third-order valence-corrected chi connectivity index (χ3v) is 3.91. The molecule has 6 heteroatoms. The van der Waals surface area contributed by atoms with Gasteiger partial charge in [0.1, 0.15) is 0 Å². The number of aliphatic hydroxyl groups is 1. The molecule has 0 atom stereocenters. The van der Waals surface area contributed by atoms with E-state index in [4.69, 9.17) is 4.52 Å². The summed E-state index contributed by atoms with van der Waals surface area (Å²) in [7, 11) is 1.79. The lowest BCUT2D eigenvalue weighted by atomic mass is 10.1. The molecule has 0 spiro atoms. The molecule has 1 aliphatic heterocycles. The van der Waals surface area contributed by atoms with Gasteiger partial charge in [0.2, 0.25) is 0 Å². The molecule has 2 heterocycles. The Morgan fingerprint density at radius 1 is 1.52 bits per heavy atom. The minimum absolute atomic E-state index is 0.0903. The summed E-state index contributed by atoms with van der Waals surface area (Å²) in [6, 6.07) is 1.73. The first-order valence-corrected chi connectivity index (χ1v) is 7.71. The number of unbranched alkanes of at least 4 members (excludes halogenated alkanes) is 1. The van der Waals surface area contributed by atoms with Gasteiger partial charge in [-0.05, 0) is 19.3 Å². The topological polar surface area (TPSA) is 69.8 Å². The summed E-state index contributed by atoms with van der Waals surface area (Å²) >= 11 is 0. The summed E-state index contributed by atoms with van der Waals surface area (Å²) < 4.78 is 5.27. The second-order valence-corrected chi connectivity index (χ2v) is 5.77. The maximum absolute atomic E-state index is 12.2. The number of aromatic nitrogens is 1. The van der Waals surface area contributed by atoms with Crippen LogP contribution in [0.2, 0.25) is 0 Å². The SMILES string of the molecule is CCCCN(C)C(=O)c1cc(CN2CCC(O)CC2)on1. The first-order chi connectivity index (χ1) is 10.1. The fraction of sp³-hybridized carbons (Fsp3) is 0.733. The normalized spacial score (nSPS) is 17.1. The number of carbonyl (C=O) groups excluding carboxylic acids is 1. The Hall–Kier alpha value is -1.40. The van der Waals surface area contributed by atoms with Crippen LogP contribution in [0.1, 0.15) is 48.9 Å². The molecule has 0 aromatic carbocycles. The maximum Gasteiger partial charge on any atom is 0.275 e. The second-order valence-electron chi connectivity index (χ2n) is 5.77. The zero-order chi connectivity index (χ0) is 15.2. The van der Waals surface area contributed by atoms with Crippen molar-refractivity contribution in [2.45, 2.75) is 45.3 Å². The molecule has 1 aliphatic rings. The average Bonchev–Trinajstić information content (AvgIpc) is 2.95. The molecule has 1 aromatic rings. The zero-order valence-electron chi connectivity index (χ0n) is 12.9. The lowest BCUT2D eigenvalue weighted by molar-refractivity contribution is 0.0744. The Morgan fingerprint density at radius 3 is 2.90 bits per heavy atom. The number of amides is 1. The molecular formula is C15H25N3O3. The molecule has 21 heavy (non-hydrogen) atoms. The molecule has 0 aliphatic carbocycles. The van der Waals surface area contributed by atoms with Gasteiger partial charge in [-0.1, -0.05) is 18.5 Å². The van der Waals surface area contributed by atoms with Crippen LogP contribution in [0.5, 0.6) is 0 Å². The number of piperidine rings is 1. The molecular weight excluding hydrogens is 270 g/mol. The summed E-state index contributed by atoms with van der Waals surface area (Å²) in [6.45, 7) is 5.18. The number of hydrogen-bond acceptors (Lipinski definition) is 5. The van der Waals surface area contributed by atoms with Gasteiger partial charge < -0.3 is 14.5 Å². The van der Waals surface area contributed by atoms with Gasteiger partial charge in [-0.2, -0.15) is 0 Å². The molecule has 0 unspecified atom stereocenters. The van der Waals surface area contributed by atoms with Crippen LogP contribution in [0.15, 0.2) is 10.6 Å². The monoisotopic (exact) mass is 295 g/mol. The van der Waals surface area contributed by atoms with Crippen molar-refractivity contribution in [1.82, 2.24) is 15.0 Å². The van der Waals surface area contributed by atoms with Crippen molar-refractivity contribution in [1.29, 1.82) is 0 Å². The standard InChI is InChI=1S/C15H25N3O3/c1-3-4-7-17(2)15(20)14-10-13(21-16-14)11-18-8-5-12(19)6-9-18/h10,12,19H,3-9,11H2,1-2H3. The minimum atomic E-state index is -0.180. The van der Waals surface area contributed by atoms with Crippen LogP contribution < -0.4 is 0 Å². The van der Waals surface area contributed by atoms with Crippen LogP contribution in [0.3, 0.4) is 0 Å². The van der Waals surface area contributed by atoms with Gasteiger partial charge in [0.25, 0.3) is 5.91 Å². The van der Waals surface area contributed by atoms with E-state index >= 15 is 0 Å². The van der Waals surface area contributed by atoms with Gasteiger partial charge in [0, 0.05) is 32.7 Å². The number of hydrogen-bond donors (Lipinski definition) is 1. The summed E-state index contributed by atoms with van der Waals surface area (Å²) in [4.78, 5) is 16.0. The lowest BCUT2D eigenvalue weighted by Crippen LogP contribution is -2.35. The second kappa shape index (κ2) is 7.56. The molecule has 1 saturated heterocycles. The summed E-state index contributed by atoms with van der Waals surface area (Å²) in [5, 5.41) is 13.4. The zero-order valence-corrected chi connectivity index (χ0v) is 12.9. The van der Waals surface area contributed by atoms with Crippen molar-refractivity contribution in [3.05, 3.63) is 17.5 Å². The number of nitrogens with zero attached hydrogens (tertiary/aromatic N) is 3. The van der Waals surface area contributed by atoms with Crippen LogP contribution >= 0.6 is 0 Å². The first-order valence-electron chi connectivity index (χ1n) is 7.71.